The second kappa shape index (κ2) is 16.2. The van der Waals surface area contributed by atoms with Crippen LogP contribution in [-0.4, -0.2) is 42.9 Å². The number of carbonyl (C=O) groups is 2. The molecule has 0 bridgehead atoms. The molecule has 1 heterocycles. The molecular formula is C32H33BrF4N2O4. The van der Waals surface area contributed by atoms with Crippen molar-refractivity contribution in [2.75, 3.05) is 19.7 Å². The number of hydrogen-bond acceptors (Lipinski definition) is 4. The summed E-state index contributed by atoms with van der Waals surface area (Å²) in [5.74, 6) is -2.55. The van der Waals surface area contributed by atoms with E-state index in [9.17, 15) is 22.4 Å². The number of benzene rings is 3. The largest absolute Gasteiger partial charge is 0.492 e. The van der Waals surface area contributed by atoms with Gasteiger partial charge >= 0.3 is 12.1 Å². The summed E-state index contributed by atoms with van der Waals surface area (Å²) in [5, 5.41) is 13.6. The van der Waals surface area contributed by atoms with E-state index < -0.39 is 12.1 Å². The van der Waals surface area contributed by atoms with E-state index >= 15 is 0 Å². The first-order chi connectivity index (χ1) is 20.5. The van der Waals surface area contributed by atoms with Crippen molar-refractivity contribution in [3.63, 3.8) is 0 Å². The molecule has 3 N–H and O–H groups in total. The SMILES string of the molecule is CCc1ccccc1CNC(=O)C1=C(c2ccc(CCCOc3cc(F)ccc3Br)cc2)CCNC1.O=C(O)C(F)(F)F. The highest BCUT2D eigenvalue weighted by Gasteiger charge is 2.38. The Labute approximate surface area is 256 Å². The van der Waals surface area contributed by atoms with Gasteiger partial charge in [-0.3, -0.25) is 4.79 Å². The van der Waals surface area contributed by atoms with Gasteiger partial charge < -0.3 is 20.5 Å². The molecule has 1 aliphatic rings. The van der Waals surface area contributed by atoms with E-state index in [0.717, 1.165) is 59.0 Å². The van der Waals surface area contributed by atoms with Crippen molar-refractivity contribution in [1.82, 2.24) is 10.6 Å². The van der Waals surface area contributed by atoms with E-state index in [1.165, 1.54) is 23.3 Å². The standard InChI is InChI=1S/C30H32BrFN2O2.C2HF3O2/c1-2-22-7-3-4-8-24(22)19-34-30(35)27-20-33-16-15-26(27)23-11-9-21(10-12-23)6-5-17-36-29-18-25(32)13-14-28(29)31;3-2(4,5)1(6)7/h3-4,7-14,18,33H,2,5-6,15-17,19-20H2,1H3,(H,34,35);(H,6,7). The third kappa shape index (κ3) is 10.5. The van der Waals surface area contributed by atoms with E-state index in [0.29, 0.717) is 25.4 Å². The number of nitrogens with one attached hydrogen (secondary N) is 2. The summed E-state index contributed by atoms with van der Waals surface area (Å²) >= 11 is 3.39. The molecule has 0 radical (unpaired) electrons. The first-order valence-corrected chi connectivity index (χ1v) is 14.5. The van der Waals surface area contributed by atoms with Crippen molar-refractivity contribution < 1.29 is 37.0 Å². The van der Waals surface area contributed by atoms with Crippen LogP contribution in [-0.2, 0) is 29.0 Å². The highest BCUT2D eigenvalue weighted by Crippen LogP contribution is 2.27. The van der Waals surface area contributed by atoms with Crippen LogP contribution in [0, 0.1) is 5.82 Å². The lowest BCUT2D eigenvalue weighted by Gasteiger charge is -2.22. The van der Waals surface area contributed by atoms with Crippen molar-refractivity contribution in [2.45, 2.75) is 45.3 Å². The van der Waals surface area contributed by atoms with Crippen LogP contribution >= 0.6 is 15.9 Å². The Morgan fingerprint density at radius 3 is 2.37 bits per heavy atom. The molecule has 0 aromatic heterocycles. The molecule has 230 valence electrons. The van der Waals surface area contributed by atoms with E-state index in [1.807, 2.05) is 12.1 Å². The number of hydrogen-bond donors (Lipinski definition) is 3. The molecule has 3 aromatic rings. The van der Waals surface area contributed by atoms with Gasteiger partial charge in [-0.2, -0.15) is 13.2 Å². The van der Waals surface area contributed by atoms with Crippen LogP contribution in [0.1, 0.15) is 42.0 Å². The first-order valence-electron chi connectivity index (χ1n) is 13.7. The molecule has 11 heteroatoms. The van der Waals surface area contributed by atoms with Crippen LogP contribution in [0.3, 0.4) is 0 Å². The highest BCUT2D eigenvalue weighted by molar-refractivity contribution is 9.10. The molecule has 0 unspecified atom stereocenters. The number of carboxylic acids is 1. The van der Waals surface area contributed by atoms with Crippen molar-refractivity contribution in [3.05, 3.63) is 105 Å². The number of aryl methyl sites for hydroxylation is 2. The summed E-state index contributed by atoms with van der Waals surface area (Å²) in [5.41, 5.74) is 6.66. The molecule has 4 rings (SSSR count). The average Bonchev–Trinajstić information content (AvgIpc) is 3.00. The number of alkyl halides is 3. The van der Waals surface area contributed by atoms with Crippen LogP contribution in [0.2, 0.25) is 0 Å². The van der Waals surface area contributed by atoms with Crippen molar-refractivity contribution in [3.8, 4) is 5.75 Å². The fourth-order valence-corrected chi connectivity index (χ4v) is 4.86. The summed E-state index contributed by atoms with van der Waals surface area (Å²) in [6, 6.07) is 21.1. The maximum absolute atomic E-state index is 13.4. The molecule has 0 atom stereocenters. The Hall–Kier alpha value is -3.70. The Morgan fingerprint density at radius 1 is 1.05 bits per heavy atom. The predicted octanol–water partition coefficient (Wildman–Crippen LogP) is 6.86. The molecule has 0 saturated heterocycles. The monoisotopic (exact) mass is 664 g/mol. The minimum atomic E-state index is -5.08. The Kier molecular flexibility index (Phi) is 12.8. The number of halogens is 5. The molecule has 1 aliphatic heterocycles. The van der Waals surface area contributed by atoms with Gasteiger partial charge in [0.25, 0.3) is 0 Å². The third-order valence-electron chi connectivity index (χ3n) is 6.74. The lowest BCUT2D eigenvalue weighted by molar-refractivity contribution is -0.192. The van der Waals surface area contributed by atoms with Crippen molar-refractivity contribution in [1.29, 1.82) is 0 Å². The molecule has 0 saturated carbocycles. The molecule has 0 spiro atoms. The van der Waals surface area contributed by atoms with Gasteiger partial charge in [0, 0.05) is 24.7 Å². The van der Waals surface area contributed by atoms with Crippen LogP contribution in [0.25, 0.3) is 5.57 Å². The molecular weight excluding hydrogens is 632 g/mol. The van der Waals surface area contributed by atoms with Crippen LogP contribution in [0.15, 0.2) is 76.8 Å². The Bertz CT molecular complexity index is 1430. The minimum absolute atomic E-state index is 0.00663. The quantitative estimate of drug-likeness (QED) is 0.163. The normalized spacial score (nSPS) is 13.2. The van der Waals surface area contributed by atoms with Crippen molar-refractivity contribution >= 4 is 33.4 Å². The number of carboxylic acid groups (broad SMARTS) is 1. The number of carbonyl (C=O) groups excluding carboxylic acids is 1. The van der Waals surface area contributed by atoms with E-state index in [4.69, 9.17) is 14.6 Å². The van der Waals surface area contributed by atoms with Gasteiger partial charge in [0.15, 0.2) is 0 Å². The predicted molar refractivity (Wildman–Crippen MR) is 160 cm³/mol. The Morgan fingerprint density at radius 2 is 1.72 bits per heavy atom. The van der Waals surface area contributed by atoms with Crippen LogP contribution in [0.5, 0.6) is 5.75 Å². The number of aliphatic carboxylic acids is 1. The lowest BCUT2D eigenvalue weighted by Crippen LogP contribution is -2.34. The lowest BCUT2D eigenvalue weighted by atomic mass is 9.92. The summed E-state index contributed by atoms with van der Waals surface area (Å²) in [6.45, 7) is 4.61. The summed E-state index contributed by atoms with van der Waals surface area (Å²) < 4.78 is 51.6. The van der Waals surface area contributed by atoms with Crippen LogP contribution < -0.4 is 15.4 Å². The molecule has 3 aromatic carbocycles. The number of amides is 1. The van der Waals surface area contributed by atoms with Crippen molar-refractivity contribution in [2.24, 2.45) is 0 Å². The smallest absolute Gasteiger partial charge is 0.490 e. The van der Waals surface area contributed by atoms with Gasteiger partial charge in [-0.25, -0.2) is 9.18 Å². The topological polar surface area (TPSA) is 87.7 Å². The van der Waals surface area contributed by atoms with Gasteiger partial charge in [-0.15, -0.1) is 0 Å². The zero-order valence-corrected chi connectivity index (χ0v) is 25.2. The first kappa shape index (κ1) is 33.8. The fraction of sp³-hybridized carbons (Fsp3) is 0.312. The zero-order valence-electron chi connectivity index (χ0n) is 23.6. The summed E-state index contributed by atoms with van der Waals surface area (Å²) in [7, 11) is 0. The van der Waals surface area contributed by atoms with Gasteiger partial charge in [0.05, 0.1) is 11.1 Å². The molecule has 43 heavy (non-hydrogen) atoms. The van der Waals surface area contributed by atoms with Gasteiger partial charge in [0.2, 0.25) is 5.91 Å². The maximum Gasteiger partial charge on any atom is 0.490 e. The van der Waals surface area contributed by atoms with E-state index in [2.05, 4.69) is 69.9 Å². The maximum atomic E-state index is 13.4. The van der Waals surface area contributed by atoms with E-state index in [-0.39, 0.29) is 11.7 Å². The number of ether oxygens (including phenoxy) is 1. The molecule has 6 nitrogen and oxygen atoms in total. The summed E-state index contributed by atoms with van der Waals surface area (Å²) in [6.07, 6.45) is -1.63. The molecule has 0 aliphatic carbocycles. The summed E-state index contributed by atoms with van der Waals surface area (Å²) in [4.78, 5) is 22.0. The number of rotatable bonds is 10. The zero-order chi connectivity index (χ0) is 31.4. The van der Waals surface area contributed by atoms with Gasteiger partial charge in [-0.1, -0.05) is 55.5 Å². The third-order valence-corrected chi connectivity index (χ3v) is 7.39. The average molecular weight is 666 g/mol. The van der Waals surface area contributed by atoms with Gasteiger partial charge in [0.1, 0.15) is 11.6 Å². The van der Waals surface area contributed by atoms with Gasteiger partial charge in [-0.05, 0) is 88.1 Å². The van der Waals surface area contributed by atoms with Crippen LogP contribution in [0.4, 0.5) is 17.6 Å². The second-order valence-electron chi connectivity index (χ2n) is 9.72. The second-order valence-corrected chi connectivity index (χ2v) is 10.6. The molecule has 1 amide bonds. The fourth-order valence-electron chi connectivity index (χ4n) is 4.50. The van der Waals surface area contributed by atoms with E-state index in [1.54, 1.807) is 6.07 Å². The minimum Gasteiger partial charge on any atom is -0.492 e. The highest BCUT2D eigenvalue weighted by atomic mass is 79.9. The Balaban J connectivity index is 0.000000646. The molecule has 0 fully saturated rings.